The highest BCUT2D eigenvalue weighted by Crippen LogP contribution is 2.49. The summed E-state index contributed by atoms with van der Waals surface area (Å²) < 4.78 is 110. The number of piperidine rings is 2. The second kappa shape index (κ2) is 32.2. The highest BCUT2D eigenvalue weighted by Gasteiger charge is 2.50. The van der Waals surface area contributed by atoms with Crippen LogP contribution in [-0.2, 0) is 55.4 Å². The van der Waals surface area contributed by atoms with Gasteiger partial charge in [-0.3, -0.25) is 24.1 Å². The SMILES string of the molecule is CN(CCN1CCC(N(C(=O)O)c2ccccc2-c2ccccc2)CC1)C(=O)CCCCCNCc1cccc(C(=O)N(C)CCCN(C)C(=O)CO[C@H]2Cc3ccccc3C23CCN(CC[C@]2(c4ccc(F)cc4)CN(C(=O)c4cc(C(F)(F)F)cc(C(F)(F)F)c4)CO2)CC3)c1. The number of anilines is 1. The lowest BCUT2D eigenvalue weighted by Crippen LogP contribution is -2.50. The highest BCUT2D eigenvalue weighted by molar-refractivity contribution is 5.96. The van der Waals surface area contributed by atoms with Gasteiger partial charge in [0.1, 0.15) is 24.8 Å². The summed E-state index contributed by atoms with van der Waals surface area (Å²) in [6.45, 7) is 5.80. The molecule has 0 saturated carbocycles. The molecule has 0 aromatic heterocycles. The van der Waals surface area contributed by atoms with Crippen molar-refractivity contribution in [3.63, 3.8) is 0 Å². The third-order valence-corrected chi connectivity index (χ3v) is 20.1. The molecule has 1 spiro atoms. The molecule has 6 aromatic rings. The Kier molecular flexibility index (Phi) is 23.8. The largest absolute Gasteiger partial charge is 0.465 e. The predicted octanol–water partition coefficient (Wildman–Crippen LogP) is 12.6. The van der Waals surface area contributed by atoms with E-state index in [1.54, 1.807) is 34.9 Å². The van der Waals surface area contributed by atoms with Gasteiger partial charge in [-0.05, 0) is 154 Å². The summed E-state index contributed by atoms with van der Waals surface area (Å²) in [5.74, 6) is -1.83. The number of carboxylic acid groups (broad SMARTS) is 1. The first-order valence-corrected chi connectivity index (χ1v) is 33.7. The smallest absolute Gasteiger partial charge is 0.416 e. The van der Waals surface area contributed by atoms with Crippen LogP contribution in [0, 0.1) is 5.82 Å². The number of hydrogen-bond donors (Lipinski definition) is 2. The van der Waals surface area contributed by atoms with E-state index in [2.05, 4.69) is 27.2 Å². The van der Waals surface area contributed by atoms with Crippen LogP contribution in [0.25, 0.3) is 11.1 Å². The van der Waals surface area contributed by atoms with Gasteiger partial charge in [-0.25, -0.2) is 9.18 Å². The molecule has 3 saturated heterocycles. The summed E-state index contributed by atoms with van der Waals surface area (Å²) in [6, 6.07) is 39.3. The first kappa shape index (κ1) is 72.5. The zero-order chi connectivity index (χ0) is 69.8. The van der Waals surface area contributed by atoms with E-state index < -0.39 is 64.6 Å². The van der Waals surface area contributed by atoms with Crippen molar-refractivity contribution in [1.29, 1.82) is 0 Å². The number of rotatable bonds is 27. The summed E-state index contributed by atoms with van der Waals surface area (Å²) in [5.41, 5.74) is 1.19. The second-order valence-corrected chi connectivity index (χ2v) is 26.5. The number of likely N-dealkylation sites (N-methyl/N-ethyl adjacent to an activating group) is 2. The number of nitrogens with zero attached hydrogens (tertiary/aromatic N) is 7. The number of carbonyl (C=O) groups excluding carboxylic acids is 4. The van der Waals surface area contributed by atoms with Gasteiger partial charge in [-0.1, -0.05) is 103 Å². The van der Waals surface area contributed by atoms with Gasteiger partial charge in [-0.2, -0.15) is 26.3 Å². The summed E-state index contributed by atoms with van der Waals surface area (Å²) in [7, 11) is 5.31. The van der Waals surface area contributed by atoms with Crippen molar-refractivity contribution in [2.45, 2.75) is 113 Å². The van der Waals surface area contributed by atoms with Crippen LogP contribution in [0.4, 0.5) is 41.2 Å². The molecule has 3 aliphatic heterocycles. The maximum Gasteiger partial charge on any atom is 0.416 e. The van der Waals surface area contributed by atoms with E-state index in [0.29, 0.717) is 120 Å². The minimum atomic E-state index is -5.15. The average molecular weight is 1360 g/mol. The molecular formula is C75H87F7N8O8. The van der Waals surface area contributed by atoms with E-state index in [1.165, 1.54) is 29.2 Å². The first-order valence-electron chi connectivity index (χ1n) is 33.7. The van der Waals surface area contributed by atoms with Crippen molar-refractivity contribution < 1.29 is 69.3 Å². The minimum absolute atomic E-state index is 0.0287. The minimum Gasteiger partial charge on any atom is -0.465 e. The molecule has 10 rings (SSSR count). The van der Waals surface area contributed by atoms with E-state index >= 15 is 0 Å². The van der Waals surface area contributed by atoms with Gasteiger partial charge in [0.15, 0.2) is 0 Å². The Bertz CT molecular complexity index is 3680. The number of amides is 5. The van der Waals surface area contributed by atoms with Crippen LogP contribution in [0.2, 0.25) is 0 Å². The van der Waals surface area contributed by atoms with Crippen molar-refractivity contribution in [2.24, 2.45) is 0 Å². The maximum atomic E-state index is 14.3. The van der Waals surface area contributed by atoms with E-state index in [-0.39, 0.29) is 55.5 Å². The number of ether oxygens (including phenoxy) is 2. The molecule has 2 atom stereocenters. The van der Waals surface area contributed by atoms with Crippen molar-refractivity contribution in [2.75, 3.05) is 111 Å². The number of hydrogen-bond acceptors (Lipinski definition) is 10. The number of unbranched alkanes of at least 4 members (excludes halogenated alkanes) is 2. The van der Waals surface area contributed by atoms with Crippen molar-refractivity contribution in [3.8, 4) is 11.1 Å². The highest BCUT2D eigenvalue weighted by atomic mass is 19.4. The van der Waals surface area contributed by atoms with Crippen LogP contribution < -0.4 is 10.2 Å². The van der Waals surface area contributed by atoms with Crippen molar-refractivity contribution >= 4 is 35.4 Å². The Morgan fingerprint density at radius 1 is 0.663 bits per heavy atom. The van der Waals surface area contributed by atoms with E-state index in [1.807, 2.05) is 92.0 Å². The molecule has 16 nitrogen and oxygen atoms in total. The summed E-state index contributed by atoms with van der Waals surface area (Å²) in [5, 5.41) is 13.8. The third kappa shape index (κ3) is 17.8. The van der Waals surface area contributed by atoms with Gasteiger partial charge in [0.2, 0.25) is 11.8 Å². The lowest BCUT2D eigenvalue weighted by atomic mass is 9.72. The molecule has 524 valence electrons. The molecule has 6 aromatic carbocycles. The quantitative estimate of drug-likeness (QED) is 0.0373. The zero-order valence-corrected chi connectivity index (χ0v) is 55.8. The Labute approximate surface area is 568 Å². The normalized spacial score (nSPS) is 18.2. The van der Waals surface area contributed by atoms with Crippen LogP contribution in [0.1, 0.15) is 118 Å². The van der Waals surface area contributed by atoms with Crippen LogP contribution in [0.15, 0.2) is 146 Å². The van der Waals surface area contributed by atoms with Crippen LogP contribution in [-0.4, -0.2) is 183 Å². The third-order valence-electron chi connectivity index (χ3n) is 20.1. The van der Waals surface area contributed by atoms with Gasteiger partial charge < -0.3 is 49.3 Å². The molecule has 2 N–H and O–H groups in total. The lowest BCUT2D eigenvalue weighted by Gasteiger charge is -2.44. The summed E-state index contributed by atoms with van der Waals surface area (Å²) in [4.78, 5) is 79.0. The standard InChI is InChI=1S/C75H87F7N8O8/c1-84(35-15-36-86(3)69(93)56-20-14-16-53(44-56)49-83-34-13-5-8-24-67(91)85(2)42-43-87-37-29-62(30-38-87)90(71(95)96)65-23-12-10-21-63(65)54-17-6-4-7-18-54)68(92)50-97-66-47-55-19-9-11-22-64(55)72(66)31-39-88(40-32-72)41-33-73(58-25-27-61(76)28-26-58)51-89(52-98-73)70(94)57-45-59(74(77,78)79)48-60(46-57)75(80,81)82/h4,6-7,9-12,14,16-23,25-28,44-46,48,62,66,83H,5,8,13,15,24,29-43,47,49-52H2,1-3H3,(H,95,96)/t66-,73+/m0/s1. The van der Waals surface area contributed by atoms with Gasteiger partial charge in [0, 0.05) is 108 Å². The van der Waals surface area contributed by atoms with Gasteiger partial charge >= 0.3 is 18.4 Å². The molecule has 1 aliphatic carbocycles. The topological polar surface area (TPSA) is 159 Å². The Morgan fingerprint density at radius 3 is 2.02 bits per heavy atom. The number of carbonyl (C=O) groups is 5. The molecule has 0 unspecified atom stereocenters. The number of benzene rings is 6. The number of likely N-dealkylation sites (tertiary alicyclic amines) is 2. The number of para-hydroxylation sites is 1. The summed E-state index contributed by atoms with van der Waals surface area (Å²) >= 11 is 0. The molecule has 3 fully saturated rings. The Morgan fingerprint density at radius 2 is 1.32 bits per heavy atom. The molecule has 0 radical (unpaired) electrons. The van der Waals surface area contributed by atoms with Gasteiger partial charge in [0.25, 0.3) is 11.8 Å². The fraction of sp³-hybridized carbons (Fsp3) is 0.453. The van der Waals surface area contributed by atoms with E-state index in [4.69, 9.17) is 9.47 Å². The molecule has 0 bridgehead atoms. The monoisotopic (exact) mass is 1360 g/mol. The molecule has 4 aliphatic rings. The van der Waals surface area contributed by atoms with Gasteiger partial charge in [0.05, 0.1) is 29.5 Å². The Hall–Kier alpha value is -8.22. The van der Waals surface area contributed by atoms with E-state index in [0.717, 1.165) is 78.2 Å². The number of halogens is 7. The van der Waals surface area contributed by atoms with Gasteiger partial charge in [-0.15, -0.1) is 0 Å². The molecule has 98 heavy (non-hydrogen) atoms. The number of fused-ring (bicyclic) bond motifs is 2. The number of nitrogens with one attached hydrogen (secondary N) is 1. The second-order valence-electron chi connectivity index (χ2n) is 26.5. The maximum absolute atomic E-state index is 14.3. The predicted molar refractivity (Wildman–Crippen MR) is 359 cm³/mol. The van der Waals surface area contributed by atoms with Crippen LogP contribution in [0.3, 0.4) is 0 Å². The molecule has 5 amide bonds. The first-order chi connectivity index (χ1) is 46.9. The average Bonchev–Trinajstić information content (AvgIpc) is 1.58. The van der Waals surface area contributed by atoms with Crippen molar-refractivity contribution in [1.82, 2.24) is 34.7 Å². The van der Waals surface area contributed by atoms with Crippen molar-refractivity contribution in [3.05, 3.63) is 196 Å². The Balaban J connectivity index is 0.617. The number of alkyl halides is 6. The van der Waals surface area contributed by atoms with E-state index in [9.17, 15) is 59.8 Å². The van der Waals surface area contributed by atoms with Crippen LogP contribution >= 0.6 is 0 Å². The molecule has 3 heterocycles. The molecule has 23 heteroatoms. The van der Waals surface area contributed by atoms with Crippen LogP contribution in [0.5, 0.6) is 0 Å². The fourth-order valence-electron chi connectivity index (χ4n) is 14.3. The lowest BCUT2D eigenvalue weighted by molar-refractivity contribution is -0.143. The summed E-state index contributed by atoms with van der Waals surface area (Å²) in [6.07, 6.45) is -4.40. The molecular weight excluding hydrogens is 1270 g/mol. The zero-order valence-electron chi connectivity index (χ0n) is 55.8. The fourth-order valence-corrected chi connectivity index (χ4v) is 14.3.